The van der Waals surface area contributed by atoms with E-state index < -0.39 is 0 Å². The fourth-order valence-electron chi connectivity index (χ4n) is 3.03. The highest BCUT2D eigenvalue weighted by molar-refractivity contribution is 5.81. The number of hydrogen-bond donors (Lipinski definition) is 0. The molecule has 2 aliphatic rings. The maximum atomic E-state index is 11.8. The van der Waals surface area contributed by atoms with E-state index in [1.54, 1.807) is 0 Å². The Morgan fingerprint density at radius 3 is 2.88 bits per heavy atom. The molecule has 2 heterocycles. The molecule has 2 nitrogen and oxygen atoms in total. The second kappa shape index (κ2) is 3.70. The van der Waals surface area contributed by atoms with Crippen molar-refractivity contribution in [1.29, 1.82) is 0 Å². The Bertz CT molecular complexity index is 398. The molecule has 2 saturated heterocycles. The van der Waals surface area contributed by atoms with Crippen molar-refractivity contribution in [2.45, 2.75) is 43.8 Å². The summed E-state index contributed by atoms with van der Waals surface area (Å²) >= 11 is 0. The van der Waals surface area contributed by atoms with E-state index in [4.69, 9.17) is 4.74 Å². The summed E-state index contributed by atoms with van der Waals surface area (Å²) in [6.45, 7) is 0. The quantitative estimate of drug-likeness (QED) is 0.721. The highest BCUT2D eigenvalue weighted by atomic mass is 16.5. The molecular formula is C14H16O2. The Labute approximate surface area is 95.6 Å². The lowest BCUT2D eigenvalue weighted by Gasteiger charge is -2.45. The summed E-state index contributed by atoms with van der Waals surface area (Å²) in [6.07, 6.45) is 4.55. The van der Waals surface area contributed by atoms with Gasteiger partial charge in [-0.15, -0.1) is 0 Å². The molecule has 0 spiro atoms. The standard InChI is InChI=1S/C14H16O2/c15-12-9-13-7-4-8-14(10-12,16-13)11-5-2-1-3-6-11/h1-3,5-6,13H,4,7-10H2/t13-,14+/m1/s1. The SMILES string of the molecule is O=C1C[C@H]2CCC[C@@](c3ccccc3)(C1)O2. The van der Waals surface area contributed by atoms with Gasteiger partial charge in [0.15, 0.2) is 0 Å². The van der Waals surface area contributed by atoms with Crippen LogP contribution >= 0.6 is 0 Å². The van der Waals surface area contributed by atoms with Crippen LogP contribution in [0, 0.1) is 0 Å². The number of ether oxygens (including phenoxy) is 1. The van der Waals surface area contributed by atoms with Crippen molar-refractivity contribution in [3.05, 3.63) is 35.9 Å². The van der Waals surface area contributed by atoms with Crippen LogP contribution in [0.4, 0.5) is 0 Å². The average Bonchev–Trinajstić information content (AvgIpc) is 2.29. The lowest BCUT2D eigenvalue weighted by molar-refractivity contribution is -0.175. The van der Waals surface area contributed by atoms with E-state index in [0.29, 0.717) is 18.6 Å². The molecule has 84 valence electrons. The summed E-state index contributed by atoms with van der Waals surface area (Å²) in [5, 5.41) is 0. The van der Waals surface area contributed by atoms with E-state index in [-0.39, 0.29) is 11.7 Å². The van der Waals surface area contributed by atoms with Gasteiger partial charge in [-0.25, -0.2) is 0 Å². The third kappa shape index (κ3) is 1.57. The lowest BCUT2D eigenvalue weighted by Crippen LogP contribution is -2.45. The summed E-state index contributed by atoms with van der Waals surface area (Å²) in [5.41, 5.74) is 0.868. The molecule has 0 aliphatic carbocycles. The fraction of sp³-hybridized carbons (Fsp3) is 0.500. The number of benzene rings is 1. The van der Waals surface area contributed by atoms with Crippen LogP contribution in [0.1, 0.15) is 37.7 Å². The van der Waals surface area contributed by atoms with Crippen molar-refractivity contribution in [1.82, 2.24) is 0 Å². The van der Waals surface area contributed by atoms with Gasteiger partial charge in [-0.05, 0) is 24.8 Å². The Kier molecular flexibility index (Phi) is 2.32. The molecule has 3 rings (SSSR count). The number of Topliss-reactive ketones (excluding diaryl/α,β-unsaturated/α-hetero) is 1. The number of rotatable bonds is 1. The molecule has 0 N–H and O–H groups in total. The molecule has 2 fully saturated rings. The first kappa shape index (κ1) is 10.0. The van der Waals surface area contributed by atoms with Gasteiger partial charge in [0.05, 0.1) is 6.10 Å². The van der Waals surface area contributed by atoms with Gasteiger partial charge in [0.1, 0.15) is 11.4 Å². The van der Waals surface area contributed by atoms with E-state index in [9.17, 15) is 4.79 Å². The van der Waals surface area contributed by atoms with Crippen molar-refractivity contribution < 1.29 is 9.53 Å². The maximum Gasteiger partial charge on any atom is 0.138 e. The minimum absolute atomic E-state index is 0.162. The van der Waals surface area contributed by atoms with Crippen LogP contribution in [0.3, 0.4) is 0 Å². The van der Waals surface area contributed by atoms with Gasteiger partial charge in [0.2, 0.25) is 0 Å². The number of hydrogen-bond acceptors (Lipinski definition) is 2. The van der Waals surface area contributed by atoms with Gasteiger partial charge in [0.25, 0.3) is 0 Å². The summed E-state index contributed by atoms with van der Waals surface area (Å²) in [4.78, 5) is 11.8. The van der Waals surface area contributed by atoms with Gasteiger partial charge >= 0.3 is 0 Å². The van der Waals surface area contributed by atoms with Gasteiger partial charge in [-0.3, -0.25) is 4.79 Å². The Balaban J connectivity index is 1.99. The van der Waals surface area contributed by atoms with Crippen molar-refractivity contribution in [2.75, 3.05) is 0 Å². The molecule has 0 amide bonds. The van der Waals surface area contributed by atoms with E-state index in [1.807, 2.05) is 18.2 Å². The molecule has 1 aromatic rings. The first-order valence-electron chi connectivity index (χ1n) is 6.04. The van der Waals surface area contributed by atoms with Crippen LogP contribution in [0.5, 0.6) is 0 Å². The van der Waals surface area contributed by atoms with Crippen LogP contribution in [0.15, 0.2) is 30.3 Å². The van der Waals surface area contributed by atoms with Crippen LogP contribution in [-0.4, -0.2) is 11.9 Å². The van der Waals surface area contributed by atoms with Crippen LogP contribution in [-0.2, 0) is 15.1 Å². The van der Waals surface area contributed by atoms with Crippen molar-refractivity contribution in [3.8, 4) is 0 Å². The summed E-state index contributed by atoms with van der Waals surface area (Å²) < 4.78 is 6.15. The van der Waals surface area contributed by atoms with Gasteiger partial charge < -0.3 is 4.74 Å². The monoisotopic (exact) mass is 216 g/mol. The zero-order chi connectivity index (χ0) is 11.0. The average molecular weight is 216 g/mol. The van der Waals surface area contributed by atoms with E-state index in [0.717, 1.165) is 12.8 Å². The highest BCUT2D eigenvalue weighted by Gasteiger charge is 2.44. The second-order valence-electron chi connectivity index (χ2n) is 4.91. The van der Waals surface area contributed by atoms with Gasteiger partial charge in [-0.2, -0.15) is 0 Å². The predicted octanol–water partition coefficient (Wildman–Crippen LogP) is 2.81. The second-order valence-corrected chi connectivity index (χ2v) is 4.91. The largest absolute Gasteiger partial charge is 0.366 e. The normalized spacial score (nSPS) is 33.8. The predicted molar refractivity (Wildman–Crippen MR) is 61.1 cm³/mol. The zero-order valence-electron chi connectivity index (χ0n) is 9.32. The molecule has 16 heavy (non-hydrogen) atoms. The topological polar surface area (TPSA) is 26.3 Å². The Morgan fingerprint density at radius 1 is 1.25 bits per heavy atom. The molecule has 0 saturated carbocycles. The molecule has 2 atom stereocenters. The first-order chi connectivity index (χ1) is 7.78. The smallest absolute Gasteiger partial charge is 0.138 e. The molecule has 2 aliphatic heterocycles. The van der Waals surface area contributed by atoms with E-state index >= 15 is 0 Å². The first-order valence-corrected chi connectivity index (χ1v) is 6.04. The number of carbonyl (C=O) groups excluding carboxylic acids is 1. The molecule has 0 radical (unpaired) electrons. The van der Waals surface area contributed by atoms with Crippen LogP contribution in [0.25, 0.3) is 0 Å². The van der Waals surface area contributed by atoms with Gasteiger partial charge in [-0.1, -0.05) is 30.3 Å². The van der Waals surface area contributed by atoms with Crippen LogP contribution < -0.4 is 0 Å². The van der Waals surface area contributed by atoms with E-state index in [2.05, 4.69) is 12.1 Å². The third-order valence-electron chi connectivity index (χ3n) is 3.74. The minimum atomic E-state index is -0.306. The summed E-state index contributed by atoms with van der Waals surface area (Å²) in [5.74, 6) is 0.361. The third-order valence-corrected chi connectivity index (χ3v) is 3.74. The van der Waals surface area contributed by atoms with Crippen LogP contribution in [0.2, 0.25) is 0 Å². The summed E-state index contributed by atoms with van der Waals surface area (Å²) in [7, 11) is 0. The molecular weight excluding hydrogens is 200 g/mol. The fourth-order valence-corrected chi connectivity index (χ4v) is 3.03. The Hall–Kier alpha value is -1.15. The summed E-state index contributed by atoms with van der Waals surface area (Å²) in [6, 6.07) is 10.2. The molecule has 2 bridgehead atoms. The zero-order valence-corrected chi connectivity index (χ0v) is 9.32. The van der Waals surface area contributed by atoms with E-state index in [1.165, 1.54) is 12.0 Å². The lowest BCUT2D eigenvalue weighted by atomic mass is 9.77. The number of carbonyl (C=O) groups is 1. The molecule has 2 heteroatoms. The number of fused-ring (bicyclic) bond motifs is 2. The van der Waals surface area contributed by atoms with Crippen molar-refractivity contribution >= 4 is 5.78 Å². The maximum absolute atomic E-state index is 11.8. The van der Waals surface area contributed by atoms with Crippen molar-refractivity contribution in [2.24, 2.45) is 0 Å². The minimum Gasteiger partial charge on any atom is -0.366 e. The molecule has 0 unspecified atom stereocenters. The number of ketones is 1. The van der Waals surface area contributed by atoms with Crippen molar-refractivity contribution in [3.63, 3.8) is 0 Å². The highest BCUT2D eigenvalue weighted by Crippen LogP contribution is 2.44. The molecule has 0 aromatic heterocycles. The van der Waals surface area contributed by atoms with Gasteiger partial charge in [0, 0.05) is 12.8 Å². The Morgan fingerprint density at radius 2 is 2.06 bits per heavy atom. The molecule has 1 aromatic carbocycles.